The molecule has 4 nitrogen and oxygen atoms in total. The second kappa shape index (κ2) is 4.41. The van der Waals surface area contributed by atoms with Gasteiger partial charge in [0.2, 0.25) is 0 Å². The van der Waals surface area contributed by atoms with Crippen molar-refractivity contribution < 1.29 is 9.90 Å². The molecule has 0 spiro atoms. The summed E-state index contributed by atoms with van der Waals surface area (Å²) in [7, 11) is 0. The third kappa shape index (κ3) is 2.58. The fourth-order valence-electron chi connectivity index (χ4n) is 1.07. The van der Waals surface area contributed by atoms with Crippen molar-refractivity contribution in [2.75, 3.05) is 0 Å². The van der Waals surface area contributed by atoms with E-state index in [9.17, 15) is 9.59 Å². The van der Waals surface area contributed by atoms with E-state index in [1.807, 2.05) is 0 Å². The molecule has 0 aliphatic carbocycles. The number of aliphatic carboxylic acids is 1. The molecule has 1 N–H and O–H groups in total. The van der Waals surface area contributed by atoms with Gasteiger partial charge in [0.1, 0.15) is 0 Å². The SMILES string of the molecule is Cc1cccn(CC=CC(=O)O)c1=O. The monoisotopic (exact) mass is 193 g/mol. The number of carboxylic acid groups (broad SMARTS) is 1. The van der Waals surface area contributed by atoms with E-state index in [0.29, 0.717) is 5.56 Å². The highest BCUT2D eigenvalue weighted by Gasteiger charge is 1.95. The van der Waals surface area contributed by atoms with Gasteiger partial charge in [-0.05, 0) is 13.0 Å². The molecule has 1 heterocycles. The van der Waals surface area contributed by atoms with E-state index in [2.05, 4.69) is 0 Å². The van der Waals surface area contributed by atoms with Crippen molar-refractivity contribution in [2.24, 2.45) is 0 Å². The first-order valence-corrected chi connectivity index (χ1v) is 4.17. The number of nitrogens with zero attached hydrogens (tertiary/aromatic N) is 1. The van der Waals surface area contributed by atoms with Gasteiger partial charge >= 0.3 is 5.97 Å². The Balaban J connectivity index is 2.83. The maximum atomic E-state index is 11.4. The quantitative estimate of drug-likeness (QED) is 0.722. The molecule has 14 heavy (non-hydrogen) atoms. The lowest BCUT2D eigenvalue weighted by Gasteiger charge is -2.01. The maximum Gasteiger partial charge on any atom is 0.328 e. The summed E-state index contributed by atoms with van der Waals surface area (Å²) in [5, 5.41) is 8.34. The normalized spacial score (nSPS) is 10.6. The Kier molecular flexibility index (Phi) is 3.23. The van der Waals surface area contributed by atoms with E-state index in [1.54, 1.807) is 25.3 Å². The van der Waals surface area contributed by atoms with Crippen LogP contribution < -0.4 is 5.56 Å². The van der Waals surface area contributed by atoms with Crippen molar-refractivity contribution in [3.05, 3.63) is 46.4 Å². The van der Waals surface area contributed by atoms with Crippen LogP contribution in [-0.2, 0) is 11.3 Å². The van der Waals surface area contributed by atoms with Crippen LogP contribution in [0.2, 0.25) is 0 Å². The molecular weight excluding hydrogens is 182 g/mol. The van der Waals surface area contributed by atoms with E-state index in [0.717, 1.165) is 6.08 Å². The number of aryl methyl sites for hydroxylation is 1. The number of carboxylic acids is 1. The van der Waals surface area contributed by atoms with Gasteiger partial charge in [-0.1, -0.05) is 12.1 Å². The van der Waals surface area contributed by atoms with Gasteiger partial charge in [0.15, 0.2) is 0 Å². The molecule has 0 bridgehead atoms. The number of carbonyl (C=O) groups is 1. The zero-order valence-electron chi connectivity index (χ0n) is 7.80. The Hall–Kier alpha value is -1.84. The standard InChI is InChI=1S/C10H11NO3/c1-8-4-2-6-11(10(8)14)7-3-5-9(12)13/h2-6H,7H2,1H3,(H,12,13). The lowest BCUT2D eigenvalue weighted by Crippen LogP contribution is -2.20. The van der Waals surface area contributed by atoms with Crippen molar-refractivity contribution in [1.29, 1.82) is 0 Å². The van der Waals surface area contributed by atoms with Crippen LogP contribution in [0.25, 0.3) is 0 Å². The average molecular weight is 193 g/mol. The van der Waals surface area contributed by atoms with Crippen molar-refractivity contribution in [3.8, 4) is 0 Å². The number of pyridine rings is 1. The lowest BCUT2D eigenvalue weighted by molar-refractivity contribution is -0.131. The zero-order valence-corrected chi connectivity index (χ0v) is 7.80. The highest BCUT2D eigenvalue weighted by atomic mass is 16.4. The molecule has 0 fully saturated rings. The van der Waals surface area contributed by atoms with Gasteiger partial charge in [0, 0.05) is 24.4 Å². The molecule has 1 aromatic heterocycles. The molecule has 4 heteroatoms. The summed E-state index contributed by atoms with van der Waals surface area (Å²) in [6.07, 6.45) is 4.08. The number of hydrogen-bond donors (Lipinski definition) is 1. The fourth-order valence-corrected chi connectivity index (χ4v) is 1.07. The number of rotatable bonds is 3. The molecule has 1 rings (SSSR count). The third-order valence-electron chi connectivity index (χ3n) is 1.77. The van der Waals surface area contributed by atoms with Crippen LogP contribution in [0.15, 0.2) is 35.3 Å². The van der Waals surface area contributed by atoms with Crippen molar-refractivity contribution >= 4 is 5.97 Å². The molecule has 0 saturated carbocycles. The van der Waals surface area contributed by atoms with Crippen LogP contribution in [0.5, 0.6) is 0 Å². The number of aromatic nitrogens is 1. The second-order valence-corrected chi connectivity index (χ2v) is 2.89. The predicted molar refractivity (Wildman–Crippen MR) is 52.2 cm³/mol. The number of hydrogen-bond acceptors (Lipinski definition) is 2. The van der Waals surface area contributed by atoms with Crippen LogP contribution in [0.3, 0.4) is 0 Å². The van der Waals surface area contributed by atoms with Crippen LogP contribution in [0.1, 0.15) is 5.56 Å². The van der Waals surface area contributed by atoms with Gasteiger partial charge in [-0.15, -0.1) is 0 Å². The molecule has 0 saturated heterocycles. The molecule has 0 aromatic carbocycles. The first kappa shape index (κ1) is 10.2. The molecule has 1 aromatic rings. The minimum Gasteiger partial charge on any atom is -0.478 e. The van der Waals surface area contributed by atoms with Crippen LogP contribution >= 0.6 is 0 Å². The Bertz CT molecular complexity index is 418. The Labute approximate surface area is 81.1 Å². The smallest absolute Gasteiger partial charge is 0.328 e. The summed E-state index contributed by atoms with van der Waals surface area (Å²) in [5.74, 6) is -1.01. The average Bonchev–Trinajstić information content (AvgIpc) is 2.12. The van der Waals surface area contributed by atoms with E-state index in [1.165, 1.54) is 10.6 Å². The molecule has 0 aliphatic heterocycles. The maximum absolute atomic E-state index is 11.4. The summed E-state index contributed by atoms with van der Waals surface area (Å²) in [5.41, 5.74) is 0.554. The highest BCUT2D eigenvalue weighted by Crippen LogP contribution is 1.89. The molecular formula is C10H11NO3. The summed E-state index contributed by atoms with van der Waals surface area (Å²) in [6, 6.07) is 3.48. The fraction of sp³-hybridized carbons (Fsp3) is 0.200. The minimum atomic E-state index is -1.01. The van der Waals surface area contributed by atoms with Gasteiger partial charge in [-0.3, -0.25) is 4.79 Å². The minimum absolute atomic E-state index is 0.0949. The Morgan fingerprint density at radius 2 is 2.36 bits per heavy atom. The van der Waals surface area contributed by atoms with E-state index in [4.69, 9.17) is 5.11 Å². The first-order chi connectivity index (χ1) is 6.61. The zero-order chi connectivity index (χ0) is 10.6. The van der Waals surface area contributed by atoms with Crippen molar-refractivity contribution in [1.82, 2.24) is 4.57 Å². The van der Waals surface area contributed by atoms with Crippen LogP contribution in [0.4, 0.5) is 0 Å². The van der Waals surface area contributed by atoms with Crippen LogP contribution in [0, 0.1) is 6.92 Å². The Morgan fingerprint density at radius 1 is 1.64 bits per heavy atom. The molecule has 0 atom stereocenters. The molecule has 0 radical (unpaired) electrons. The van der Waals surface area contributed by atoms with Gasteiger partial charge in [-0.25, -0.2) is 4.79 Å². The van der Waals surface area contributed by atoms with Gasteiger partial charge < -0.3 is 9.67 Å². The summed E-state index contributed by atoms with van der Waals surface area (Å²) in [6.45, 7) is 2.01. The van der Waals surface area contributed by atoms with E-state index in [-0.39, 0.29) is 12.1 Å². The summed E-state index contributed by atoms with van der Waals surface area (Å²) < 4.78 is 1.45. The van der Waals surface area contributed by atoms with Crippen molar-refractivity contribution in [3.63, 3.8) is 0 Å². The first-order valence-electron chi connectivity index (χ1n) is 4.17. The molecule has 74 valence electrons. The Morgan fingerprint density at radius 3 is 3.00 bits per heavy atom. The third-order valence-corrected chi connectivity index (χ3v) is 1.77. The number of allylic oxidation sites excluding steroid dienone is 1. The highest BCUT2D eigenvalue weighted by molar-refractivity contribution is 5.79. The van der Waals surface area contributed by atoms with Crippen molar-refractivity contribution in [2.45, 2.75) is 13.5 Å². The summed E-state index contributed by atoms with van der Waals surface area (Å²) >= 11 is 0. The molecule has 0 amide bonds. The van der Waals surface area contributed by atoms with Gasteiger partial charge in [-0.2, -0.15) is 0 Å². The summed E-state index contributed by atoms with van der Waals surface area (Å²) in [4.78, 5) is 21.6. The van der Waals surface area contributed by atoms with Gasteiger partial charge in [0.05, 0.1) is 0 Å². The largest absolute Gasteiger partial charge is 0.478 e. The van der Waals surface area contributed by atoms with Gasteiger partial charge in [0.25, 0.3) is 5.56 Å². The molecule has 0 aliphatic rings. The topological polar surface area (TPSA) is 59.3 Å². The van der Waals surface area contributed by atoms with E-state index < -0.39 is 5.97 Å². The molecule has 0 unspecified atom stereocenters. The van der Waals surface area contributed by atoms with Crippen LogP contribution in [-0.4, -0.2) is 15.6 Å². The van der Waals surface area contributed by atoms with E-state index >= 15 is 0 Å². The second-order valence-electron chi connectivity index (χ2n) is 2.89. The lowest BCUT2D eigenvalue weighted by atomic mass is 10.3. The predicted octanol–water partition coefficient (Wildman–Crippen LogP) is 0.798.